The number of carbonyl (C=O) groups excluding carboxylic acids is 2. The lowest BCUT2D eigenvalue weighted by Crippen LogP contribution is -2.44. The van der Waals surface area contributed by atoms with E-state index in [4.69, 9.17) is 35.7 Å². The van der Waals surface area contributed by atoms with Crippen LogP contribution in [0.4, 0.5) is 0 Å². The predicted octanol–water partition coefficient (Wildman–Crippen LogP) is -4.96. The van der Waals surface area contributed by atoms with Gasteiger partial charge in [0, 0.05) is 0 Å². The average molecular weight is 311 g/mol. The fourth-order valence-electron chi connectivity index (χ4n) is 1.08. The van der Waals surface area contributed by atoms with Crippen LogP contribution in [-0.4, -0.2) is 85.3 Å². The molecule has 0 fully saturated rings. The summed E-state index contributed by atoms with van der Waals surface area (Å²) in [5.74, 6) is -4.57. The molecule has 122 valence electrons. The van der Waals surface area contributed by atoms with Crippen LogP contribution < -0.4 is 5.11 Å². The third-order valence-corrected chi connectivity index (χ3v) is 2.27. The zero-order valence-electron chi connectivity index (χ0n) is 10.5. The second-order valence-corrected chi connectivity index (χ2v) is 3.82. The van der Waals surface area contributed by atoms with Gasteiger partial charge in [0.25, 0.3) is 0 Å². The van der Waals surface area contributed by atoms with Gasteiger partial charge in [0.05, 0.1) is 19.2 Å². The Labute approximate surface area is 117 Å². The summed E-state index contributed by atoms with van der Waals surface area (Å²) in [6, 6.07) is 0. The molecule has 0 aromatic carbocycles. The SMILES string of the molecule is O=C([O-])[C@H](O)[C@@H](O)CO.O=C1O[C@H]([C@@H](O)CO)C(O)=C1O. The molecule has 11 nitrogen and oxygen atoms in total. The summed E-state index contributed by atoms with van der Waals surface area (Å²) in [5.41, 5.74) is 0. The minimum Gasteiger partial charge on any atom is -0.547 e. The van der Waals surface area contributed by atoms with Crippen LogP contribution in [0.5, 0.6) is 0 Å². The van der Waals surface area contributed by atoms with Gasteiger partial charge in [-0.1, -0.05) is 0 Å². The van der Waals surface area contributed by atoms with E-state index in [1.54, 1.807) is 0 Å². The van der Waals surface area contributed by atoms with Crippen LogP contribution in [0.2, 0.25) is 0 Å². The second-order valence-electron chi connectivity index (χ2n) is 3.82. The number of aliphatic carboxylic acids is 1. The van der Waals surface area contributed by atoms with Gasteiger partial charge in [-0.15, -0.1) is 0 Å². The summed E-state index contributed by atoms with van der Waals surface area (Å²) in [6.07, 6.45) is -6.44. The van der Waals surface area contributed by atoms with Crippen LogP contribution in [0.15, 0.2) is 11.5 Å². The number of hydrogen-bond donors (Lipinski definition) is 7. The van der Waals surface area contributed by atoms with Crippen molar-refractivity contribution < 1.29 is 55.2 Å². The summed E-state index contributed by atoms with van der Waals surface area (Å²) < 4.78 is 4.32. The third kappa shape index (κ3) is 5.17. The van der Waals surface area contributed by atoms with E-state index in [1.807, 2.05) is 0 Å². The molecule has 1 heterocycles. The average Bonchev–Trinajstić information content (AvgIpc) is 2.72. The van der Waals surface area contributed by atoms with Crippen molar-refractivity contribution in [2.45, 2.75) is 24.4 Å². The van der Waals surface area contributed by atoms with E-state index < -0.39 is 61.1 Å². The third-order valence-electron chi connectivity index (χ3n) is 2.27. The quantitative estimate of drug-likeness (QED) is 0.239. The van der Waals surface area contributed by atoms with Gasteiger partial charge in [-0.25, -0.2) is 4.79 Å². The van der Waals surface area contributed by atoms with E-state index in [0.717, 1.165) is 0 Å². The van der Waals surface area contributed by atoms with E-state index in [0.29, 0.717) is 0 Å². The first-order chi connectivity index (χ1) is 9.67. The number of cyclic esters (lactones) is 1. The first-order valence-electron chi connectivity index (χ1n) is 5.47. The Morgan fingerprint density at radius 2 is 1.71 bits per heavy atom. The molecule has 0 bridgehead atoms. The van der Waals surface area contributed by atoms with Gasteiger partial charge in [0.15, 0.2) is 11.9 Å². The number of aliphatic hydroxyl groups is 7. The van der Waals surface area contributed by atoms with Crippen molar-refractivity contribution in [3.05, 3.63) is 11.5 Å². The molecule has 7 N–H and O–H groups in total. The first-order valence-corrected chi connectivity index (χ1v) is 5.47. The predicted molar refractivity (Wildman–Crippen MR) is 59.4 cm³/mol. The van der Waals surface area contributed by atoms with Gasteiger partial charge in [-0.3, -0.25) is 0 Å². The van der Waals surface area contributed by atoms with Crippen molar-refractivity contribution in [1.29, 1.82) is 0 Å². The van der Waals surface area contributed by atoms with Gasteiger partial charge < -0.3 is 50.4 Å². The van der Waals surface area contributed by atoms with E-state index in [2.05, 4.69) is 4.74 Å². The van der Waals surface area contributed by atoms with Crippen molar-refractivity contribution in [3.8, 4) is 0 Å². The van der Waals surface area contributed by atoms with Crippen LogP contribution in [0.3, 0.4) is 0 Å². The topological polar surface area (TPSA) is 208 Å². The summed E-state index contributed by atoms with van der Waals surface area (Å²) in [7, 11) is 0. The largest absolute Gasteiger partial charge is 0.547 e. The highest BCUT2D eigenvalue weighted by atomic mass is 16.6. The zero-order chi connectivity index (χ0) is 16.7. The number of rotatable bonds is 5. The first kappa shape index (κ1) is 19.1. The maximum atomic E-state index is 10.5. The van der Waals surface area contributed by atoms with E-state index in [9.17, 15) is 14.7 Å². The molecular weight excluding hydrogens is 296 g/mol. The van der Waals surface area contributed by atoms with Gasteiger partial charge in [-0.05, 0) is 0 Å². The lowest BCUT2D eigenvalue weighted by molar-refractivity contribution is -0.318. The Morgan fingerprint density at radius 3 is 1.95 bits per heavy atom. The molecule has 21 heavy (non-hydrogen) atoms. The molecule has 0 aromatic rings. The molecule has 1 aliphatic heterocycles. The summed E-state index contributed by atoms with van der Waals surface area (Å²) in [4.78, 5) is 20.2. The molecule has 11 heteroatoms. The van der Waals surface area contributed by atoms with E-state index in [1.165, 1.54) is 0 Å². The maximum absolute atomic E-state index is 10.5. The zero-order valence-corrected chi connectivity index (χ0v) is 10.5. The minimum atomic E-state index is -2.00. The lowest BCUT2D eigenvalue weighted by atomic mass is 10.2. The van der Waals surface area contributed by atoms with E-state index >= 15 is 0 Å². The molecule has 0 saturated carbocycles. The van der Waals surface area contributed by atoms with Gasteiger partial charge >= 0.3 is 5.97 Å². The summed E-state index contributed by atoms with van der Waals surface area (Å²) in [5, 5.41) is 69.5. The van der Waals surface area contributed by atoms with Crippen molar-refractivity contribution in [2.75, 3.05) is 13.2 Å². The Hall–Kier alpha value is -1.92. The highest BCUT2D eigenvalue weighted by molar-refractivity contribution is 5.89. The Bertz CT molecular complexity index is 404. The lowest BCUT2D eigenvalue weighted by Gasteiger charge is -2.15. The molecular formula is C10H15O11-. The van der Waals surface area contributed by atoms with Gasteiger partial charge in [-0.2, -0.15) is 0 Å². The Balaban J connectivity index is 0.000000400. The number of carboxylic acid groups (broad SMARTS) is 1. The number of carboxylic acids is 1. The number of ether oxygens (including phenoxy) is 1. The number of esters is 1. The highest BCUT2D eigenvalue weighted by Gasteiger charge is 2.38. The van der Waals surface area contributed by atoms with Crippen LogP contribution in [-0.2, 0) is 14.3 Å². The van der Waals surface area contributed by atoms with Crippen molar-refractivity contribution in [1.82, 2.24) is 0 Å². The normalized spacial score (nSPS) is 22.0. The Kier molecular flexibility index (Phi) is 7.62. The van der Waals surface area contributed by atoms with Crippen molar-refractivity contribution in [2.24, 2.45) is 0 Å². The van der Waals surface area contributed by atoms with Crippen LogP contribution in [0, 0.1) is 0 Å². The summed E-state index contributed by atoms with van der Waals surface area (Å²) >= 11 is 0. The highest BCUT2D eigenvalue weighted by Crippen LogP contribution is 2.20. The van der Waals surface area contributed by atoms with Crippen LogP contribution >= 0.6 is 0 Å². The Morgan fingerprint density at radius 1 is 1.19 bits per heavy atom. The van der Waals surface area contributed by atoms with Gasteiger partial charge in [0.1, 0.15) is 18.3 Å². The molecule has 0 unspecified atom stereocenters. The molecule has 0 saturated heterocycles. The molecule has 0 spiro atoms. The molecule has 0 amide bonds. The number of hydrogen-bond acceptors (Lipinski definition) is 11. The monoisotopic (exact) mass is 311 g/mol. The van der Waals surface area contributed by atoms with Crippen LogP contribution in [0.25, 0.3) is 0 Å². The fourth-order valence-corrected chi connectivity index (χ4v) is 1.08. The van der Waals surface area contributed by atoms with Gasteiger partial charge in [0.2, 0.25) is 5.76 Å². The van der Waals surface area contributed by atoms with Crippen LogP contribution in [0.1, 0.15) is 0 Å². The number of carbonyl (C=O) groups is 2. The van der Waals surface area contributed by atoms with Crippen molar-refractivity contribution >= 4 is 11.9 Å². The minimum absolute atomic E-state index is 0.671. The summed E-state index contributed by atoms with van der Waals surface area (Å²) in [6.45, 7) is -1.47. The second kappa shape index (κ2) is 8.39. The smallest absolute Gasteiger partial charge is 0.377 e. The molecule has 4 atom stereocenters. The molecule has 0 aromatic heterocycles. The molecule has 1 aliphatic rings. The fraction of sp³-hybridized carbons (Fsp3) is 0.600. The van der Waals surface area contributed by atoms with Crippen molar-refractivity contribution in [3.63, 3.8) is 0 Å². The molecule has 0 radical (unpaired) electrons. The number of aliphatic hydroxyl groups excluding tert-OH is 7. The standard InChI is InChI=1S/C6H8O6.C4H8O5/c7-1-2(8)5-3(9)4(10)6(11)12-5;5-1-2(6)3(7)4(8)9/h2,5,7-10H,1H2;2-3,5-7H,1H2,(H,8,9)/p-1/t2-,5+;2-,3+/m00/s1. The maximum Gasteiger partial charge on any atom is 0.377 e. The molecule has 1 rings (SSSR count). The van der Waals surface area contributed by atoms with E-state index in [-0.39, 0.29) is 0 Å². The molecule has 0 aliphatic carbocycles.